The lowest BCUT2D eigenvalue weighted by atomic mass is 10.1. The third-order valence-electron chi connectivity index (χ3n) is 3.14. The van der Waals surface area contributed by atoms with E-state index in [-0.39, 0.29) is 16.6 Å². The number of halogens is 2. The molecule has 0 aliphatic carbocycles. The number of carbonyl (C=O) groups excluding carboxylic acids is 1. The van der Waals surface area contributed by atoms with Gasteiger partial charge < -0.3 is 10.4 Å². The Hall–Kier alpha value is -1.77. The molecule has 0 radical (unpaired) electrons. The van der Waals surface area contributed by atoms with Crippen LogP contribution in [-0.2, 0) is 0 Å². The van der Waals surface area contributed by atoms with E-state index in [1.807, 2.05) is 19.1 Å². The van der Waals surface area contributed by atoms with Crippen molar-refractivity contribution in [1.29, 1.82) is 0 Å². The maximum atomic E-state index is 12.2. The smallest absolute Gasteiger partial charge is 0.335 e. The molecule has 0 saturated heterocycles. The summed E-state index contributed by atoms with van der Waals surface area (Å²) in [4.78, 5) is 23.3. The molecule has 0 atom stereocenters. The number of aromatic carboxylic acids is 1. The molecular formula is C16H12Br2N2O3S. The van der Waals surface area contributed by atoms with Crippen LogP contribution in [0.4, 0.5) is 5.69 Å². The zero-order chi connectivity index (χ0) is 17.9. The Kier molecular flexibility index (Phi) is 6.09. The van der Waals surface area contributed by atoms with Crippen molar-refractivity contribution in [1.82, 2.24) is 5.32 Å². The van der Waals surface area contributed by atoms with E-state index in [0.717, 1.165) is 5.56 Å². The van der Waals surface area contributed by atoms with Gasteiger partial charge in [-0.15, -0.1) is 0 Å². The van der Waals surface area contributed by atoms with Crippen LogP contribution in [0, 0.1) is 6.92 Å². The van der Waals surface area contributed by atoms with Crippen molar-refractivity contribution >= 4 is 66.8 Å². The number of hydrogen-bond donors (Lipinski definition) is 3. The maximum absolute atomic E-state index is 12.2. The van der Waals surface area contributed by atoms with E-state index in [9.17, 15) is 9.59 Å². The normalized spacial score (nSPS) is 10.1. The van der Waals surface area contributed by atoms with Crippen LogP contribution in [0.25, 0.3) is 0 Å². The number of hydrogen-bond acceptors (Lipinski definition) is 3. The summed E-state index contributed by atoms with van der Waals surface area (Å²) in [6, 6.07) is 10.1. The first-order valence-electron chi connectivity index (χ1n) is 6.70. The van der Waals surface area contributed by atoms with Crippen LogP contribution in [-0.4, -0.2) is 22.1 Å². The van der Waals surface area contributed by atoms with Gasteiger partial charge in [-0.05, 0) is 74.8 Å². The predicted octanol–water partition coefficient (Wildman–Crippen LogP) is 4.35. The molecule has 1 amide bonds. The summed E-state index contributed by atoms with van der Waals surface area (Å²) in [7, 11) is 0. The number of rotatable bonds is 3. The molecule has 3 N–H and O–H groups in total. The molecule has 2 rings (SSSR count). The summed E-state index contributed by atoms with van der Waals surface area (Å²) < 4.78 is 1.00. The monoisotopic (exact) mass is 470 g/mol. The number of carboxylic acid groups (broad SMARTS) is 1. The molecule has 124 valence electrons. The number of amides is 1. The largest absolute Gasteiger partial charge is 0.478 e. The highest BCUT2D eigenvalue weighted by atomic mass is 79.9. The van der Waals surface area contributed by atoms with Crippen molar-refractivity contribution in [2.75, 3.05) is 5.32 Å². The van der Waals surface area contributed by atoms with Crippen LogP contribution < -0.4 is 10.6 Å². The van der Waals surface area contributed by atoms with E-state index in [4.69, 9.17) is 17.3 Å². The molecule has 5 nitrogen and oxygen atoms in total. The number of thiocarbonyl (C=S) groups is 1. The minimum atomic E-state index is -1.04. The van der Waals surface area contributed by atoms with Crippen molar-refractivity contribution in [2.45, 2.75) is 6.92 Å². The van der Waals surface area contributed by atoms with Gasteiger partial charge in [0.15, 0.2) is 5.11 Å². The molecule has 0 aromatic heterocycles. The highest BCUT2D eigenvalue weighted by Gasteiger charge is 2.15. The van der Waals surface area contributed by atoms with Crippen molar-refractivity contribution in [2.24, 2.45) is 0 Å². The SMILES string of the molecule is Cc1ccccc1C(=O)NC(=S)Nc1c(Br)cc(C(=O)O)cc1Br. The fourth-order valence-corrected chi connectivity index (χ4v) is 3.54. The molecule has 24 heavy (non-hydrogen) atoms. The van der Waals surface area contributed by atoms with E-state index in [1.54, 1.807) is 12.1 Å². The van der Waals surface area contributed by atoms with Gasteiger partial charge in [0.05, 0.1) is 11.3 Å². The summed E-state index contributed by atoms with van der Waals surface area (Å²) in [6.07, 6.45) is 0. The van der Waals surface area contributed by atoms with Crippen molar-refractivity contribution in [3.05, 3.63) is 62.0 Å². The van der Waals surface area contributed by atoms with E-state index in [2.05, 4.69) is 42.5 Å². The average Bonchev–Trinajstić information content (AvgIpc) is 2.50. The van der Waals surface area contributed by atoms with Crippen LogP contribution in [0.15, 0.2) is 45.3 Å². The Morgan fingerprint density at radius 2 is 1.71 bits per heavy atom. The molecule has 0 heterocycles. The maximum Gasteiger partial charge on any atom is 0.335 e. The lowest BCUT2D eigenvalue weighted by Crippen LogP contribution is -2.34. The van der Waals surface area contributed by atoms with Crippen molar-refractivity contribution in [3.63, 3.8) is 0 Å². The minimum absolute atomic E-state index is 0.104. The van der Waals surface area contributed by atoms with E-state index >= 15 is 0 Å². The third kappa shape index (κ3) is 4.40. The van der Waals surface area contributed by atoms with Crippen LogP contribution in [0.3, 0.4) is 0 Å². The van der Waals surface area contributed by atoms with Crippen molar-refractivity contribution < 1.29 is 14.7 Å². The van der Waals surface area contributed by atoms with Crippen LogP contribution in [0.5, 0.6) is 0 Å². The number of anilines is 1. The number of nitrogens with one attached hydrogen (secondary N) is 2. The lowest BCUT2D eigenvalue weighted by Gasteiger charge is -2.14. The molecule has 0 aliphatic heterocycles. The Morgan fingerprint density at radius 1 is 1.12 bits per heavy atom. The van der Waals surface area contributed by atoms with Gasteiger partial charge in [0.2, 0.25) is 0 Å². The number of aryl methyl sites for hydroxylation is 1. The second-order valence-electron chi connectivity index (χ2n) is 4.84. The van der Waals surface area contributed by atoms with Gasteiger partial charge in [-0.3, -0.25) is 10.1 Å². The average molecular weight is 472 g/mol. The number of carboxylic acids is 1. The summed E-state index contributed by atoms with van der Waals surface area (Å²) in [5.74, 6) is -1.36. The number of carbonyl (C=O) groups is 2. The summed E-state index contributed by atoms with van der Waals surface area (Å²) >= 11 is 11.7. The van der Waals surface area contributed by atoms with E-state index < -0.39 is 5.97 Å². The Balaban J connectivity index is 2.14. The summed E-state index contributed by atoms with van der Waals surface area (Å²) in [6.45, 7) is 1.84. The number of benzene rings is 2. The lowest BCUT2D eigenvalue weighted by molar-refractivity contribution is 0.0696. The summed E-state index contributed by atoms with van der Waals surface area (Å²) in [5.41, 5.74) is 2.01. The van der Waals surface area contributed by atoms with E-state index in [1.165, 1.54) is 12.1 Å². The molecular weight excluding hydrogens is 460 g/mol. The molecule has 0 bridgehead atoms. The van der Waals surface area contributed by atoms with Crippen molar-refractivity contribution in [3.8, 4) is 0 Å². The van der Waals surface area contributed by atoms with Gasteiger partial charge in [0.1, 0.15) is 0 Å². The van der Waals surface area contributed by atoms with Gasteiger partial charge in [-0.1, -0.05) is 18.2 Å². The molecule has 0 fully saturated rings. The van der Waals surface area contributed by atoms with Crippen LogP contribution in [0.2, 0.25) is 0 Å². The first-order chi connectivity index (χ1) is 11.3. The summed E-state index contributed by atoms with van der Waals surface area (Å²) in [5, 5.41) is 14.6. The van der Waals surface area contributed by atoms with Gasteiger partial charge in [0, 0.05) is 14.5 Å². The zero-order valence-electron chi connectivity index (χ0n) is 12.4. The standard InChI is InChI=1S/C16H12Br2N2O3S/c1-8-4-2-3-5-10(8)14(21)20-16(24)19-13-11(17)6-9(15(22)23)7-12(13)18/h2-7H,1H3,(H,22,23)(H2,19,20,21,24). The predicted molar refractivity (Wildman–Crippen MR) is 104 cm³/mol. The molecule has 0 spiro atoms. The highest BCUT2D eigenvalue weighted by Crippen LogP contribution is 2.32. The third-order valence-corrected chi connectivity index (χ3v) is 4.60. The first-order valence-corrected chi connectivity index (χ1v) is 8.69. The molecule has 0 saturated carbocycles. The van der Waals surface area contributed by atoms with Gasteiger partial charge in [-0.25, -0.2) is 4.79 Å². The molecule has 2 aromatic carbocycles. The minimum Gasteiger partial charge on any atom is -0.478 e. The molecule has 2 aromatic rings. The fourth-order valence-electron chi connectivity index (χ4n) is 1.96. The topological polar surface area (TPSA) is 78.4 Å². The highest BCUT2D eigenvalue weighted by molar-refractivity contribution is 9.11. The van der Waals surface area contributed by atoms with Gasteiger partial charge >= 0.3 is 5.97 Å². The first kappa shape index (κ1) is 18.6. The molecule has 8 heteroatoms. The molecule has 0 unspecified atom stereocenters. The Morgan fingerprint density at radius 3 is 2.25 bits per heavy atom. The van der Waals surface area contributed by atoms with Crippen LogP contribution >= 0.6 is 44.1 Å². The van der Waals surface area contributed by atoms with Gasteiger partial charge in [-0.2, -0.15) is 0 Å². The zero-order valence-corrected chi connectivity index (χ0v) is 16.4. The second-order valence-corrected chi connectivity index (χ2v) is 6.96. The Bertz CT molecular complexity index is 817. The quantitative estimate of drug-likeness (QED) is 0.580. The van der Waals surface area contributed by atoms with Gasteiger partial charge in [0.25, 0.3) is 5.91 Å². The van der Waals surface area contributed by atoms with Crippen LogP contribution in [0.1, 0.15) is 26.3 Å². The molecule has 0 aliphatic rings. The fraction of sp³-hybridized carbons (Fsp3) is 0.0625. The van der Waals surface area contributed by atoms with E-state index in [0.29, 0.717) is 20.2 Å². The Labute approximate surface area is 160 Å². The second kappa shape index (κ2) is 7.87.